The minimum atomic E-state index is 0.340. The van der Waals surface area contributed by atoms with Gasteiger partial charge in [-0.25, -0.2) is 0 Å². The van der Waals surface area contributed by atoms with Crippen LogP contribution in [0, 0.1) is 6.92 Å². The molecule has 58 valence electrons. The topological polar surface area (TPSA) is 12.5 Å². The van der Waals surface area contributed by atoms with Gasteiger partial charge in [-0.3, -0.25) is 0 Å². The average molecular weight is 169 g/mol. The van der Waals surface area contributed by atoms with Gasteiger partial charge < -0.3 is 4.74 Å². The van der Waals surface area contributed by atoms with Crippen LogP contribution < -0.4 is 0 Å². The monoisotopic (exact) mass is 168 g/mol. The fourth-order valence-electron chi connectivity index (χ4n) is 1.23. The number of rotatable bonds is 1. The van der Waals surface area contributed by atoms with Gasteiger partial charge in [0.1, 0.15) is 6.10 Å². The second-order valence-electron chi connectivity index (χ2n) is 2.82. The fourth-order valence-corrected chi connectivity index (χ4v) is 1.45. The third-order valence-corrected chi connectivity index (χ3v) is 2.15. The van der Waals surface area contributed by atoms with Crippen molar-refractivity contribution in [2.75, 3.05) is 6.61 Å². The number of hydrogen-bond acceptors (Lipinski definition) is 1. The molecule has 1 aliphatic heterocycles. The number of epoxide rings is 1. The fraction of sp³-hybridized carbons (Fsp3) is 0.333. The summed E-state index contributed by atoms with van der Waals surface area (Å²) in [6.07, 6.45) is 0.340. The van der Waals surface area contributed by atoms with E-state index in [4.69, 9.17) is 16.3 Å². The highest BCUT2D eigenvalue weighted by molar-refractivity contribution is 6.30. The summed E-state index contributed by atoms with van der Waals surface area (Å²) in [4.78, 5) is 0. The molecule has 0 radical (unpaired) electrons. The van der Waals surface area contributed by atoms with Crippen LogP contribution in [0.15, 0.2) is 18.2 Å². The van der Waals surface area contributed by atoms with Gasteiger partial charge in [0.25, 0.3) is 0 Å². The molecule has 1 aromatic rings. The molecule has 1 heterocycles. The van der Waals surface area contributed by atoms with Crippen molar-refractivity contribution in [3.63, 3.8) is 0 Å². The van der Waals surface area contributed by atoms with Crippen molar-refractivity contribution in [2.24, 2.45) is 0 Å². The van der Waals surface area contributed by atoms with Crippen molar-refractivity contribution in [3.8, 4) is 0 Å². The third-order valence-electron chi connectivity index (χ3n) is 1.91. The van der Waals surface area contributed by atoms with Crippen LogP contribution in [-0.2, 0) is 4.74 Å². The lowest BCUT2D eigenvalue weighted by Gasteiger charge is -2.00. The molecule has 0 aliphatic carbocycles. The van der Waals surface area contributed by atoms with E-state index in [0.717, 1.165) is 11.6 Å². The highest BCUT2D eigenvalue weighted by Crippen LogP contribution is 2.32. The van der Waals surface area contributed by atoms with Crippen LogP contribution in [0.5, 0.6) is 0 Å². The molecule has 0 aromatic heterocycles. The van der Waals surface area contributed by atoms with Gasteiger partial charge in [-0.2, -0.15) is 0 Å². The highest BCUT2D eigenvalue weighted by Gasteiger charge is 2.25. The average Bonchev–Trinajstić information content (AvgIpc) is 2.70. The van der Waals surface area contributed by atoms with E-state index in [1.165, 1.54) is 11.1 Å². The predicted octanol–water partition coefficient (Wildman–Crippen LogP) is 2.72. The number of aryl methyl sites for hydroxylation is 1. The number of halogens is 1. The molecule has 1 atom stereocenters. The molecule has 1 nitrogen and oxygen atoms in total. The number of ether oxygens (including phenoxy) is 1. The lowest BCUT2D eigenvalue weighted by Crippen LogP contribution is -1.85. The first kappa shape index (κ1) is 7.14. The highest BCUT2D eigenvalue weighted by atomic mass is 35.5. The summed E-state index contributed by atoms with van der Waals surface area (Å²) in [7, 11) is 0. The van der Waals surface area contributed by atoms with Gasteiger partial charge >= 0.3 is 0 Å². The van der Waals surface area contributed by atoms with E-state index in [2.05, 4.69) is 6.92 Å². The SMILES string of the molecule is Cc1cc(Cl)ccc1C1CO1. The Balaban J connectivity index is 2.39. The second kappa shape index (κ2) is 2.50. The molecule has 0 amide bonds. The molecule has 2 heteroatoms. The molecule has 1 unspecified atom stereocenters. The van der Waals surface area contributed by atoms with Crippen LogP contribution >= 0.6 is 11.6 Å². The zero-order valence-corrected chi connectivity index (χ0v) is 7.06. The maximum absolute atomic E-state index is 5.80. The van der Waals surface area contributed by atoms with Crippen LogP contribution in [0.2, 0.25) is 5.02 Å². The largest absolute Gasteiger partial charge is 0.368 e. The molecular weight excluding hydrogens is 160 g/mol. The van der Waals surface area contributed by atoms with Crippen LogP contribution in [-0.4, -0.2) is 6.61 Å². The van der Waals surface area contributed by atoms with Crippen LogP contribution in [0.4, 0.5) is 0 Å². The second-order valence-corrected chi connectivity index (χ2v) is 3.26. The van der Waals surface area contributed by atoms with E-state index in [0.29, 0.717) is 6.10 Å². The van der Waals surface area contributed by atoms with Crippen LogP contribution in [0.3, 0.4) is 0 Å². The van der Waals surface area contributed by atoms with E-state index in [1.807, 2.05) is 18.2 Å². The van der Waals surface area contributed by atoms with Gasteiger partial charge in [0.2, 0.25) is 0 Å². The van der Waals surface area contributed by atoms with Gasteiger partial charge in [0.05, 0.1) is 6.61 Å². The summed E-state index contributed by atoms with van der Waals surface area (Å²) >= 11 is 5.80. The lowest BCUT2D eigenvalue weighted by atomic mass is 10.1. The van der Waals surface area contributed by atoms with Crippen molar-refractivity contribution in [3.05, 3.63) is 34.3 Å². The Morgan fingerprint density at radius 3 is 2.82 bits per heavy atom. The lowest BCUT2D eigenvalue weighted by molar-refractivity contribution is 0.415. The number of hydrogen-bond donors (Lipinski definition) is 0. The van der Waals surface area contributed by atoms with Gasteiger partial charge in [-0.1, -0.05) is 17.7 Å². The maximum atomic E-state index is 5.80. The molecule has 11 heavy (non-hydrogen) atoms. The maximum Gasteiger partial charge on any atom is 0.106 e. The van der Waals surface area contributed by atoms with Crippen molar-refractivity contribution >= 4 is 11.6 Å². The quantitative estimate of drug-likeness (QED) is 0.588. The summed E-state index contributed by atoms with van der Waals surface area (Å²) in [5, 5.41) is 0.798. The molecule has 1 aromatic carbocycles. The standard InChI is InChI=1S/C9H9ClO/c1-6-4-7(10)2-3-8(6)9-5-11-9/h2-4,9H,5H2,1H3. The Morgan fingerprint density at radius 2 is 2.27 bits per heavy atom. The van der Waals surface area contributed by atoms with Crippen molar-refractivity contribution < 1.29 is 4.74 Å². The molecule has 0 bridgehead atoms. The van der Waals surface area contributed by atoms with E-state index in [1.54, 1.807) is 0 Å². The first-order valence-corrected chi connectivity index (χ1v) is 4.03. The van der Waals surface area contributed by atoms with Crippen LogP contribution in [0.25, 0.3) is 0 Å². The molecule has 0 N–H and O–H groups in total. The first-order chi connectivity index (χ1) is 5.27. The third kappa shape index (κ3) is 1.39. The minimum Gasteiger partial charge on any atom is -0.368 e. The molecule has 2 rings (SSSR count). The molecule has 1 saturated heterocycles. The minimum absolute atomic E-state index is 0.340. The van der Waals surface area contributed by atoms with Crippen molar-refractivity contribution in [1.29, 1.82) is 0 Å². The summed E-state index contributed by atoms with van der Waals surface area (Å²) < 4.78 is 5.17. The molecular formula is C9H9ClO. The van der Waals surface area contributed by atoms with Gasteiger partial charge in [0, 0.05) is 5.02 Å². The summed E-state index contributed by atoms with van der Waals surface area (Å²) in [5.74, 6) is 0. The zero-order valence-electron chi connectivity index (χ0n) is 6.30. The summed E-state index contributed by atoms with van der Waals surface area (Å²) in [6, 6.07) is 5.92. The van der Waals surface area contributed by atoms with Gasteiger partial charge in [0.15, 0.2) is 0 Å². The molecule has 1 aliphatic rings. The Bertz CT molecular complexity index is 279. The number of benzene rings is 1. The Labute approximate surface area is 70.9 Å². The normalized spacial score (nSPS) is 21.8. The zero-order chi connectivity index (χ0) is 7.84. The van der Waals surface area contributed by atoms with E-state index < -0.39 is 0 Å². The van der Waals surface area contributed by atoms with Gasteiger partial charge in [-0.05, 0) is 30.2 Å². The Hall–Kier alpha value is -0.530. The summed E-state index contributed by atoms with van der Waals surface area (Å²) in [5.41, 5.74) is 2.49. The van der Waals surface area contributed by atoms with Gasteiger partial charge in [-0.15, -0.1) is 0 Å². The van der Waals surface area contributed by atoms with Crippen molar-refractivity contribution in [2.45, 2.75) is 13.0 Å². The Kier molecular flexibility index (Phi) is 1.63. The first-order valence-electron chi connectivity index (χ1n) is 3.65. The van der Waals surface area contributed by atoms with E-state index in [9.17, 15) is 0 Å². The van der Waals surface area contributed by atoms with E-state index >= 15 is 0 Å². The summed E-state index contributed by atoms with van der Waals surface area (Å²) in [6.45, 7) is 2.92. The predicted molar refractivity (Wildman–Crippen MR) is 44.9 cm³/mol. The molecule has 0 saturated carbocycles. The smallest absolute Gasteiger partial charge is 0.106 e. The molecule has 0 spiro atoms. The van der Waals surface area contributed by atoms with Crippen molar-refractivity contribution in [1.82, 2.24) is 0 Å². The molecule has 1 fully saturated rings. The Morgan fingerprint density at radius 1 is 1.55 bits per heavy atom. The van der Waals surface area contributed by atoms with E-state index in [-0.39, 0.29) is 0 Å². The van der Waals surface area contributed by atoms with Crippen LogP contribution in [0.1, 0.15) is 17.2 Å².